The maximum atomic E-state index is 12.5. The topological polar surface area (TPSA) is 69.4 Å². The van der Waals surface area contributed by atoms with E-state index in [-0.39, 0.29) is 0 Å². The number of benzene rings is 3. The lowest BCUT2D eigenvalue weighted by Crippen LogP contribution is -2.31. The van der Waals surface area contributed by atoms with Crippen molar-refractivity contribution in [1.29, 1.82) is 0 Å². The van der Waals surface area contributed by atoms with Crippen LogP contribution < -0.4 is 9.47 Å². The molecule has 0 radical (unpaired) electrons. The Balaban J connectivity index is 1.72. The smallest absolute Gasteiger partial charge is 0.214 e. The predicted octanol–water partition coefficient (Wildman–Crippen LogP) is 5.52. The quantitative estimate of drug-likeness (QED) is 0.348. The van der Waals surface area contributed by atoms with E-state index in [1.54, 1.807) is 19.6 Å². The van der Waals surface area contributed by atoms with Crippen LogP contribution in [0, 0.1) is 0 Å². The van der Waals surface area contributed by atoms with Crippen LogP contribution in [0.1, 0.15) is 22.4 Å². The monoisotopic (exact) mass is 497 g/mol. The van der Waals surface area contributed by atoms with E-state index in [9.17, 15) is 5.11 Å². The number of aliphatic hydroxyl groups is 1. The number of imidazole rings is 1. The second-order valence-corrected chi connectivity index (χ2v) is 9.38. The van der Waals surface area contributed by atoms with Gasteiger partial charge >= 0.3 is 0 Å². The van der Waals surface area contributed by atoms with Gasteiger partial charge in [-0.15, -0.1) is 0 Å². The molecule has 6 bridgehead atoms. The number of aromatic nitrogens is 3. The Morgan fingerprint density at radius 1 is 1.06 bits per heavy atom. The van der Waals surface area contributed by atoms with Crippen molar-refractivity contribution in [3.63, 3.8) is 0 Å². The highest BCUT2D eigenvalue weighted by Gasteiger charge is 2.37. The van der Waals surface area contributed by atoms with E-state index in [1.165, 1.54) is 0 Å². The maximum absolute atomic E-state index is 12.5. The molecule has 0 saturated carbocycles. The van der Waals surface area contributed by atoms with E-state index in [0.717, 1.165) is 33.3 Å². The van der Waals surface area contributed by atoms with Gasteiger partial charge in [-0.1, -0.05) is 41.9 Å². The molecular formula is C29H24ClN3O3. The SMILES string of the molecule is COc1cc2c3cc(ccc3n1)C(O)(c1cncn1C)c1ccc(Cl)c(c1)CCOc1cccc-2c1. The lowest BCUT2D eigenvalue weighted by molar-refractivity contribution is 0.117. The third-order valence-corrected chi connectivity index (χ3v) is 7.22. The molecule has 0 fully saturated rings. The first-order valence-corrected chi connectivity index (χ1v) is 12.1. The summed E-state index contributed by atoms with van der Waals surface area (Å²) in [4.78, 5) is 8.97. The molecule has 36 heavy (non-hydrogen) atoms. The highest BCUT2D eigenvalue weighted by Crippen LogP contribution is 2.41. The first-order chi connectivity index (χ1) is 17.5. The van der Waals surface area contributed by atoms with Gasteiger partial charge in [0.2, 0.25) is 5.88 Å². The van der Waals surface area contributed by atoms with Crippen LogP contribution in [0.5, 0.6) is 11.6 Å². The van der Waals surface area contributed by atoms with Gasteiger partial charge in [-0.2, -0.15) is 0 Å². The van der Waals surface area contributed by atoms with Gasteiger partial charge in [-0.05, 0) is 58.1 Å². The molecule has 0 amide bonds. The molecule has 5 aromatic rings. The summed E-state index contributed by atoms with van der Waals surface area (Å²) < 4.78 is 13.5. The third kappa shape index (κ3) is 3.61. The van der Waals surface area contributed by atoms with Crippen molar-refractivity contribution >= 4 is 22.5 Å². The minimum absolute atomic E-state index is 0.442. The Labute approximate surface area is 213 Å². The molecule has 1 aliphatic heterocycles. The Bertz CT molecular complexity index is 1610. The molecule has 6 rings (SSSR count). The lowest BCUT2D eigenvalue weighted by atomic mass is 9.81. The minimum atomic E-state index is -1.48. The van der Waals surface area contributed by atoms with E-state index >= 15 is 0 Å². The van der Waals surface area contributed by atoms with Crippen molar-refractivity contribution in [3.8, 4) is 22.8 Å². The van der Waals surface area contributed by atoms with Crippen LogP contribution in [0.4, 0.5) is 0 Å². The van der Waals surface area contributed by atoms with Crippen LogP contribution >= 0.6 is 11.6 Å². The van der Waals surface area contributed by atoms with Gasteiger partial charge < -0.3 is 19.1 Å². The maximum Gasteiger partial charge on any atom is 0.214 e. The van der Waals surface area contributed by atoms with E-state index in [1.807, 2.05) is 78.3 Å². The van der Waals surface area contributed by atoms with Crippen LogP contribution in [0.2, 0.25) is 5.02 Å². The van der Waals surface area contributed by atoms with Gasteiger partial charge in [0.15, 0.2) is 5.60 Å². The molecule has 1 atom stereocenters. The zero-order valence-corrected chi connectivity index (χ0v) is 20.7. The zero-order chi connectivity index (χ0) is 24.9. The summed E-state index contributed by atoms with van der Waals surface area (Å²) in [6.07, 6.45) is 3.97. The fourth-order valence-electron chi connectivity index (χ4n) is 4.96. The first kappa shape index (κ1) is 22.6. The largest absolute Gasteiger partial charge is 0.493 e. The number of pyridine rings is 1. The zero-order valence-electron chi connectivity index (χ0n) is 19.9. The molecule has 3 heterocycles. The summed E-state index contributed by atoms with van der Waals surface area (Å²) >= 11 is 6.57. The second kappa shape index (κ2) is 8.66. The van der Waals surface area contributed by atoms with E-state index < -0.39 is 5.60 Å². The van der Waals surface area contributed by atoms with Gasteiger partial charge in [0.1, 0.15) is 5.75 Å². The highest BCUT2D eigenvalue weighted by molar-refractivity contribution is 6.31. The summed E-state index contributed by atoms with van der Waals surface area (Å²) in [5, 5.41) is 14.1. The molecule has 7 heteroatoms. The number of rotatable bonds is 2. The summed E-state index contributed by atoms with van der Waals surface area (Å²) in [6.45, 7) is 0.442. The fraction of sp³-hybridized carbons (Fsp3) is 0.172. The number of ether oxygens (including phenoxy) is 2. The van der Waals surface area contributed by atoms with Crippen LogP contribution in [-0.4, -0.2) is 33.4 Å². The fourth-order valence-corrected chi connectivity index (χ4v) is 5.17. The molecule has 1 aliphatic rings. The number of halogens is 1. The van der Waals surface area contributed by atoms with Crippen LogP contribution in [-0.2, 0) is 19.1 Å². The summed E-state index contributed by atoms with van der Waals surface area (Å²) in [6, 6.07) is 21.4. The number of hydrogen-bond acceptors (Lipinski definition) is 5. The van der Waals surface area contributed by atoms with Gasteiger partial charge in [-0.3, -0.25) is 0 Å². The molecule has 180 valence electrons. The molecule has 0 saturated heterocycles. The van der Waals surface area contributed by atoms with Gasteiger partial charge in [0.05, 0.1) is 37.5 Å². The van der Waals surface area contributed by atoms with Crippen molar-refractivity contribution in [1.82, 2.24) is 14.5 Å². The van der Waals surface area contributed by atoms with Crippen LogP contribution in [0.3, 0.4) is 0 Å². The third-order valence-electron chi connectivity index (χ3n) is 6.85. The lowest BCUT2D eigenvalue weighted by Gasteiger charge is -2.31. The molecule has 1 N–H and O–H groups in total. The summed E-state index contributed by atoms with van der Waals surface area (Å²) in [7, 11) is 3.48. The molecule has 0 aliphatic carbocycles. The standard InChI is InChI=1S/C29H24ClN3O3/c1-33-17-31-16-27(33)29(34)20-6-8-25(30)19(12-20)10-11-36-22-5-3-4-18(13-22)23-15-28(35-2)32-26-9-7-21(29)14-24(23)26/h3-9,12-17,34H,10-11H2,1-2H3. The van der Waals surface area contributed by atoms with Crippen LogP contribution in [0.25, 0.3) is 22.0 Å². The predicted molar refractivity (Wildman–Crippen MR) is 140 cm³/mol. The molecule has 0 spiro atoms. The molecular weight excluding hydrogens is 474 g/mol. The molecule has 3 aromatic carbocycles. The average molecular weight is 498 g/mol. The molecule has 2 aromatic heterocycles. The summed E-state index contributed by atoms with van der Waals surface area (Å²) in [5.41, 5.74) is 4.12. The highest BCUT2D eigenvalue weighted by atomic mass is 35.5. The number of aryl methyl sites for hydroxylation is 1. The Kier molecular flexibility index (Phi) is 5.43. The van der Waals surface area contributed by atoms with Crippen molar-refractivity contribution < 1.29 is 14.6 Å². The van der Waals surface area contributed by atoms with Crippen molar-refractivity contribution in [2.45, 2.75) is 12.0 Å². The van der Waals surface area contributed by atoms with Crippen LogP contribution in [0.15, 0.2) is 79.3 Å². The second-order valence-electron chi connectivity index (χ2n) is 8.98. The number of fused-ring (bicyclic) bond motifs is 6. The molecule has 1 unspecified atom stereocenters. The van der Waals surface area contributed by atoms with Gasteiger partial charge in [0.25, 0.3) is 0 Å². The van der Waals surface area contributed by atoms with Gasteiger partial charge in [-0.25, -0.2) is 9.97 Å². The van der Waals surface area contributed by atoms with E-state index in [4.69, 9.17) is 21.1 Å². The Morgan fingerprint density at radius 2 is 1.89 bits per heavy atom. The first-order valence-electron chi connectivity index (χ1n) is 11.7. The summed E-state index contributed by atoms with van der Waals surface area (Å²) in [5.74, 6) is 1.28. The van der Waals surface area contributed by atoms with Crippen molar-refractivity contribution in [2.24, 2.45) is 7.05 Å². The van der Waals surface area contributed by atoms with E-state index in [0.29, 0.717) is 40.8 Å². The Morgan fingerprint density at radius 3 is 2.69 bits per heavy atom. The van der Waals surface area contributed by atoms with Crippen molar-refractivity contribution in [3.05, 3.63) is 107 Å². The Hall–Kier alpha value is -3.87. The van der Waals surface area contributed by atoms with Gasteiger partial charge in [0, 0.05) is 29.9 Å². The number of methoxy groups -OCH3 is 1. The van der Waals surface area contributed by atoms with E-state index in [2.05, 4.69) is 9.97 Å². The minimum Gasteiger partial charge on any atom is -0.493 e. The number of nitrogens with zero attached hydrogens (tertiary/aromatic N) is 3. The molecule has 6 nitrogen and oxygen atoms in total. The number of hydrogen-bond donors (Lipinski definition) is 1. The average Bonchev–Trinajstić information content (AvgIpc) is 3.34. The normalized spacial score (nSPS) is 17.0. The van der Waals surface area contributed by atoms with Crippen molar-refractivity contribution in [2.75, 3.05) is 13.7 Å².